The molecule has 0 amide bonds. The van der Waals surface area contributed by atoms with Crippen molar-refractivity contribution < 1.29 is 14.1 Å². The van der Waals surface area contributed by atoms with Crippen molar-refractivity contribution in [3.8, 4) is 0 Å². The van der Waals surface area contributed by atoms with Crippen molar-refractivity contribution in [1.82, 2.24) is 5.32 Å². The monoisotopic (exact) mass is 214 g/mol. The lowest BCUT2D eigenvalue weighted by Gasteiger charge is -2.01. The maximum absolute atomic E-state index is 10.3. The zero-order valence-corrected chi connectivity index (χ0v) is 8.56. The zero-order valence-electron chi connectivity index (χ0n) is 8.56. The van der Waals surface area contributed by atoms with Gasteiger partial charge in [0.15, 0.2) is 0 Å². The highest BCUT2D eigenvalue weighted by atomic mass is 16.6. The van der Waals surface area contributed by atoms with Gasteiger partial charge in [0.1, 0.15) is 10.7 Å². The van der Waals surface area contributed by atoms with Crippen LogP contribution in [0.15, 0.2) is 16.5 Å². The van der Waals surface area contributed by atoms with Crippen molar-refractivity contribution >= 4 is 5.88 Å². The first kappa shape index (κ1) is 11.7. The van der Waals surface area contributed by atoms with Crippen LogP contribution in [-0.4, -0.2) is 24.7 Å². The van der Waals surface area contributed by atoms with E-state index >= 15 is 0 Å². The second-order valence-electron chi connectivity index (χ2n) is 2.87. The summed E-state index contributed by atoms with van der Waals surface area (Å²) in [5, 5.41) is 13.3. The Bertz CT molecular complexity index is 311. The Morgan fingerprint density at radius 2 is 2.40 bits per heavy atom. The van der Waals surface area contributed by atoms with Gasteiger partial charge in [-0.3, -0.25) is 10.1 Å². The van der Waals surface area contributed by atoms with E-state index in [4.69, 9.17) is 9.15 Å². The van der Waals surface area contributed by atoms with Crippen molar-refractivity contribution in [2.24, 2.45) is 0 Å². The third-order valence-corrected chi connectivity index (χ3v) is 1.75. The molecule has 0 radical (unpaired) electrons. The number of nitro groups is 1. The van der Waals surface area contributed by atoms with Crippen LogP contribution in [0, 0.1) is 10.1 Å². The molecule has 6 nitrogen and oxygen atoms in total. The third-order valence-electron chi connectivity index (χ3n) is 1.75. The van der Waals surface area contributed by atoms with Crippen molar-refractivity contribution in [1.29, 1.82) is 0 Å². The number of rotatable bonds is 7. The van der Waals surface area contributed by atoms with Crippen LogP contribution >= 0.6 is 0 Å². The fraction of sp³-hybridized carbons (Fsp3) is 0.556. The molecule has 84 valence electrons. The van der Waals surface area contributed by atoms with Gasteiger partial charge in [0.05, 0.1) is 19.2 Å². The maximum Gasteiger partial charge on any atom is 0.433 e. The summed E-state index contributed by atoms with van der Waals surface area (Å²) in [5.41, 5.74) is 0. The van der Waals surface area contributed by atoms with Crippen molar-refractivity contribution in [2.75, 3.05) is 19.8 Å². The normalized spacial score (nSPS) is 10.5. The third kappa shape index (κ3) is 4.09. The molecule has 0 unspecified atom stereocenters. The first-order chi connectivity index (χ1) is 7.24. The van der Waals surface area contributed by atoms with E-state index in [1.165, 1.54) is 6.07 Å². The summed E-state index contributed by atoms with van der Waals surface area (Å²) < 4.78 is 10.1. The molecule has 15 heavy (non-hydrogen) atoms. The lowest BCUT2D eigenvalue weighted by molar-refractivity contribution is -0.402. The predicted molar refractivity (Wildman–Crippen MR) is 53.6 cm³/mol. The number of nitrogens with zero attached hydrogens (tertiary/aromatic N) is 1. The summed E-state index contributed by atoms with van der Waals surface area (Å²) in [6.07, 6.45) is 0. The van der Waals surface area contributed by atoms with Gasteiger partial charge in [-0.25, -0.2) is 0 Å². The van der Waals surface area contributed by atoms with Crippen LogP contribution in [0.1, 0.15) is 12.7 Å². The Kier molecular flexibility index (Phi) is 4.79. The van der Waals surface area contributed by atoms with Crippen molar-refractivity contribution in [3.05, 3.63) is 28.0 Å². The summed E-state index contributed by atoms with van der Waals surface area (Å²) >= 11 is 0. The molecule has 1 rings (SSSR count). The SMILES string of the molecule is CCOCCNCc1ccc([N+](=O)[O-])o1. The minimum absolute atomic E-state index is 0.225. The molecule has 0 bridgehead atoms. The standard InChI is InChI=1S/C9H14N2O4/c1-2-14-6-5-10-7-8-3-4-9(15-8)11(12)13/h3-4,10H,2,5-7H2,1H3. The van der Waals surface area contributed by atoms with Gasteiger partial charge in [-0.05, 0) is 13.0 Å². The molecule has 0 aliphatic heterocycles. The first-order valence-electron chi connectivity index (χ1n) is 4.75. The Labute approximate surface area is 87.4 Å². The fourth-order valence-electron chi connectivity index (χ4n) is 1.06. The van der Waals surface area contributed by atoms with E-state index in [1.807, 2.05) is 6.92 Å². The van der Waals surface area contributed by atoms with Crippen LogP contribution in [0.5, 0.6) is 0 Å². The summed E-state index contributed by atoms with van der Waals surface area (Å²) in [5.74, 6) is 0.329. The molecule has 0 saturated heterocycles. The molecule has 0 saturated carbocycles. The molecule has 1 N–H and O–H groups in total. The highest BCUT2D eigenvalue weighted by Gasteiger charge is 2.10. The molecular weight excluding hydrogens is 200 g/mol. The Morgan fingerprint density at radius 1 is 1.60 bits per heavy atom. The number of hydrogen-bond donors (Lipinski definition) is 1. The van der Waals surface area contributed by atoms with Gasteiger partial charge in [-0.2, -0.15) is 0 Å². The van der Waals surface area contributed by atoms with Gasteiger partial charge in [-0.15, -0.1) is 0 Å². The zero-order chi connectivity index (χ0) is 11.1. The van der Waals surface area contributed by atoms with E-state index < -0.39 is 4.92 Å². The summed E-state index contributed by atoms with van der Waals surface area (Å²) in [6, 6.07) is 2.94. The first-order valence-corrected chi connectivity index (χ1v) is 4.75. The van der Waals surface area contributed by atoms with E-state index in [1.54, 1.807) is 6.07 Å². The van der Waals surface area contributed by atoms with Gasteiger partial charge in [-0.1, -0.05) is 0 Å². The fourth-order valence-corrected chi connectivity index (χ4v) is 1.06. The van der Waals surface area contributed by atoms with Gasteiger partial charge in [0.2, 0.25) is 0 Å². The minimum Gasteiger partial charge on any atom is -0.404 e. The molecule has 6 heteroatoms. The molecular formula is C9H14N2O4. The quantitative estimate of drug-likeness (QED) is 0.420. The average molecular weight is 214 g/mol. The maximum atomic E-state index is 10.3. The topological polar surface area (TPSA) is 77.5 Å². The van der Waals surface area contributed by atoms with Crippen LogP contribution in [0.25, 0.3) is 0 Å². The van der Waals surface area contributed by atoms with Crippen molar-refractivity contribution in [2.45, 2.75) is 13.5 Å². The van der Waals surface area contributed by atoms with E-state index in [0.717, 1.165) is 0 Å². The van der Waals surface area contributed by atoms with Gasteiger partial charge in [0.25, 0.3) is 0 Å². The molecule has 0 aliphatic carbocycles. The smallest absolute Gasteiger partial charge is 0.404 e. The largest absolute Gasteiger partial charge is 0.433 e. The Balaban J connectivity index is 2.23. The van der Waals surface area contributed by atoms with Crippen LogP contribution in [0.4, 0.5) is 5.88 Å². The number of hydrogen-bond acceptors (Lipinski definition) is 5. The van der Waals surface area contributed by atoms with E-state index in [9.17, 15) is 10.1 Å². The molecule has 0 spiro atoms. The minimum atomic E-state index is -0.552. The van der Waals surface area contributed by atoms with Gasteiger partial charge < -0.3 is 14.5 Å². The summed E-state index contributed by atoms with van der Waals surface area (Å²) in [6.45, 7) is 4.41. The predicted octanol–water partition coefficient (Wildman–Crippen LogP) is 1.31. The van der Waals surface area contributed by atoms with E-state index in [2.05, 4.69) is 5.32 Å². The van der Waals surface area contributed by atoms with Crippen molar-refractivity contribution in [3.63, 3.8) is 0 Å². The van der Waals surface area contributed by atoms with E-state index in [0.29, 0.717) is 32.1 Å². The summed E-state index contributed by atoms with van der Waals surface area (Å²) in [7, 11) is 0. The van der Waals surface area contributed by atoms with Crippen LogP contribution in [0.3, 0.4) is 0 Å². The molecule has 0 aliphatic rings. The molecule has 0 atom stereocenters. The molecule has 1 aromatic heterocycles. The van der Waals surface area contributed by atoms with Crippen LogP contribution in [-0.2, 0) is 11.3 Å². The molecule has 1 aromatic rings. The Morgan fingerprint density at radius 3 is 3.00 bits per heavy atom. The number of ether oxygens (including phenoxy) is 1. The molecule has 0 fully saturated rings. The lowest BCUT2D eigenvalue weighted by Crippen LogP contribution is -2.18. The highest BCUT2D eigenvalue weighted by Crippen LogP contribution is 2.14. The van der Waals surface area contributed by atoms with Crippen LogP contribution < -0.4 is 5.32 Å². The molecule has 0 aromatic carbocycles. The highest BCUT2D eigenvalue weighted by molar-refractivity contribution is 5.17. The average Bonchev–Trinajstić information content (AvgIpc) is 2.66. The van der Waals surface area contributed by atoms with Crippen LogP contribution in [0.2, 0.25) is 0 Å². The number of furan rings is 1. The van der Waals surface area contributed by atoms with E-state index in [-0.39, 0.29) is 5.88 Å². The number of nitrogens with one attached hydrogen (secondary N) is 1. The second-order valence-corrected chi connectivity index (χ2v) is 2.87. The van der Waals surface area contributed by atoms with Gasteiger partial charge >= 0.3 is 5.88 Å². The Hall–Kier alpha value is -1.40. The second kappa shape index (κ2) is 6.15. The molecule has 1 heterocycles. The van der Waals surface area contributed by atoms with Gasteiger partial charge in [0, 0.05) is 13.2 Å². The summed E-state index contributed by atoms with van der Waals surface area (Å²) in [4.78, 5) is 9.75. The lowest BCUT2D eigenvalue weighted by atomic mass is 10.4.